The second-order valence-electron chi connectivity index (χ2n) is 7.92. The molecule has 4 rings (SSSR count). The number of amides is 2. The number of nitrogens with zero attached hydrogens (tertiary/aromatic N) is 2. The lowest BCUT2D eigenvalue weighted by Crippen LogP contribution is -2.56. The first kappa shape index (κ1) is 21.2. The number of carbonyl (C=O) groups excluding carboxylic acids is 2. The van der Waals surface area contributed by atoms with Crippen molar-refractivity contribution in [2.75, 3.05) is 22.6 Å². The first-order valence-electron chi connectivity index (χ1n) is 10.3. The molecule has 0 saturated carbocycles. The molecular weight excluding hydrogens is 404 g/mol. The lowest BCUT2D eigenvalue weighted by atomic mass is 9.97. The lowest BCUT2D eigenvalue weighted by molar-refractivity contribution is -0.128. The van der Waals surface area contributed by atoms with Gasteiger partial charge in [0.1, 0.15) is 12.6 Å². The van der Waals surface area contributed by atoms with E-state index in [0.717, 1.165) is 38.5 Å². The van der Waals surface area contributed by atoms with E-state index in [-0.39, 0.29) is 18.4 Å². The molecule has 1 heterocycles. The minimum atomic E-state index is -0.709. The lowest BCUT2D eigenvalue weighted by Gasteiger charge is -2.41. The Hall–Kier alpha value is -3.05. The third-order valence-electron chi connectivity index (χ3n) is 5.93. The number of anilines is 2. The second kappa shape index (κ2) is 8.60. The van der Waals surface area contributed by atoms with Gasteiger partial charge in [0.15, 0.2) is 0 Å². The Morgan fingerprint density at radius 1 is 0.871 bits per heavy atom. The van der Waals surface area contributed by atoms with E-state index >= 15 is 0 Å². The van der Waals surface area contributed by atoms with Gasteiger partial charge >= 0.3 is 0 Å². The Balaban J connectivity index is 1.84. The summed E-state index contributed by atoms with van der Waals surface area (Å²) in [4.78, 5) is 31.7. The summed E-state index contributed by atoms with van der Waals surface area (Å²) < 4.78 is 0. The number of rotatable bonds is 4. The van der Waals surface area contributed by atoms with Crippen LogP contribution in [0.3, 0.4) is 0 Å². The van der Waals surface area contributed by atoms with Gasteiger partial charge in [0.05, 0.1) is 0 Å². The SMILES string of the molecule is CSc1ccc([C@@H]2C(=O)N(c3ccc(C)cc3)CC(=O)N2c2cccc(C)c2C)cc1. The van der Waals surface area contributed by atoms with Crippen molar-refractivity contribution in [2.45, 2.75) is 31.7 Å². The van der Waals surface area contributed by atoms with E-state index in [0.29, 0.717) is 0 Å². The number of benzene rings is 3. The zero-order valence-electron chi connectivity index (χ0n) is 18.3. The number of piperazine rings is 1. The van der Waals surface area contributed by atoms with Crippen molar-refractivity contribution in [1.29, 1.82) is 0 Å². The van der Waals surface area contributed by atoms with Gasteiger partial charge in [-0.05, 0) is 74.0 Å². The van der Waals surface area contributed by atoms with Crippen molar-refractivity contribution in [3.05, 3.63) is 89.0 Å². The monoisotopic (exact) mass is 430 g/mol. The van der Waals surface area contributed by atoms with Crippen LogP contribution in [0, 0.1) is 20.8 Å². The van der Waals surface area contributed by atoms with E-state index in [2.05, 4.69) is 0 Å². The number of aryl methyl sites for hydroxylation is 2. The molecule has 4 nitrogen and oxygen atoms in total. The molecule has 0 unspecified atom stereocenters. The predicted octanol–water partition coefficient (Wildman–Crippen LogP) is 5.45. The number of hydrogen-bond acceptors (Lipinski definition) is 3. The molecule has 3 aromatic carbocycles. The molecule has 5 heteroatoms. The molecule has 1 atom stereocenters. The summed E-state index contributed by atoms with van der Waals surface area (Å²) in [5, 5.41) is 0. The zero-order valence-corrected chi connectivity index (χ0v) is 19.1. The molecule has 1 aliphatic heterocycles. The fourth-order valence-corrected chi connectivity index (χ4v) is 4.39. The normalized spacial score (nSPS) is 16.7. The van der Waals surface area contributed by atoms with Crippen molar-refractivity contribution in [3.8, 4) is 0 Å². The molecule has 0 spiro atoms. The second-order valence-corrected chi connectivity index (χ2v) is 8.80. The highest BCUT2D eigenvalue weighted by Crippen LogP contribution is 2.37. The van der Waals surface area contributed by atoms with Crippen molar-refractivity contribution in [2.24, 2.45) is 0 Å². The molecule has 2 amide bonds. The minimum absolute atomic E-state index is 0.0225. The fourth-order valence-electron chi connectivity index (χ4n) is 3.98. The van der Waals surface area contributed by atoms with Crippen LogP contribution in [0.1, 0.15) is 28.3 Å². The van der Waals surface area contributed by atoms with E-state index in [9.17, 15) is 9.59 Å². The smallest absolute Gasteiger partial charge is 0.255 e. The molecule has 1 fully saturated rings. The van der Waals surface area contributed by atoms with Gasteiger partial charge in [-0.2, -0.15) is 0 Å². The summed E-state index contributed by atoms with van der Waals surface area (Å²) in [7, 11) is 0. The van der Waals surface area contributed by atoms with Crippen LogP contribution in [0.2, 0.25) is 0 Å². The van der Waals surface area contributed by atoms with Crippen LogP contribution in [-0.2, 0) is 9.59 Å². The molecule has 0 radical (unpaired) electrons. The van der Waals surface area contributed by atoms with Crippen LogP contribution in [0.25, 0.3) is 0 Å². The van der Waals surface area contributed by atoms with Crippen LogP contribution in [0.4, 0.5) is 11.4 Å². The summed E-state index contributed by atoms with van der Waals surface area (Å²) >= 11 is 1.65. The maximum atomic E-state index is 13.8. The summed E-state index contributed by atoms with van der Waals surface area (Å²) in [6.45, 7) is 6.05. The Kier molecular flexibility index (Phi) is 5.88. The van der Waals surface area contributed by atoms with E-state index in [4.69, 9.17) is 0 Å². The molecule has 0 aliphatic carbocycles. The predicted molar refractivity (Wildman–Crippen MR) is 128 cm³/mol. The summed E-state index contributed by atoms with van der Waals surface area (Å²) in [6.07, 6.45) is 2.02. The van der Waals surface area contributed by atoms with Crippen LogP contribution in [-0.4, -0.2) is 24.6 Å². The highest BCUT2D eigenvalue weighted by atomic mass is 32.2. The molecule has 1 aliphatic rings. The first-order chi connectivity index (χ1) is 14.9. The molecule has 1 saturated heterocycles. The molecule has 0 N–H and O–H groups in total. The summed E-state index contributed by atoms with van der Waals surface area (Å²) in [5.41, 5.74) is 5.57. The Bertz CT molecular complexity index is 1120. The van der Waals surface area contributed by atoms with Gasteiger partial charge in [0.25, 0.3) is 5.91 Å². The van der Waals surface area contributed by atoms with Gasteiger partial charge < -0.3 is 4.90 Å². The average Bonchev–Trinajstić information content (AvgIpc) is 2.78. The minimum Gasteiger partial charge on any atom is -0.301 e. The van der Waals surface area contributed by atoms with E-state index < -0.39 is 6.04 Å². The van der Waals surface area contributed by atoms with Crippen molar-refractivity contribution in [3.63, 3.8) is 0 Å². The van der Waals surface area contributed by atoms with Crippen LogP contribution in [0.15, 0.2) is 71.6 Å². The molecule has 158 valence electrons. The van der Waals surface area contributed by atoms with Gasteiger partial charge in [-0.3, -0.25) is 14.5 Å². The third kappa shape index (κ3) is 3.98. The number of hydrogen-bond donors (Lipinski definition) is 0. The molecule has 0 bridgehead atoms. The average molecular weight is 431 g/mol. The molecular formula is C26H26N2O2S. The van der Waals surface area contributed by atoms with Crippen molar-refractivity contribution >= 4 is 35.0 Å². The Morgan fingerprint density at radius 2 is 1.55 bits per heavy atom. The van der Waals surface area contributed by atoms with Gasteiger partial charge in [-0.15, -0.1) is 11.8 Å². The van der Waals surface area contributed by atoms with Gasteiger partial charge in [0, 0.05) is 16.3 Å². The zero-order chi connectivity index (χ0) is 22.1. The van der Waals surface area contributed by atoms with Gasteiger partial charge in [0.2, 0.25) is 5.91 Å². The number of carbonyl (C=O) groups is 2. The maximum Gasteiger partial charge on any atom is 0.255 e. The molecule has 31 heavy (non-hydrogen) atoms. The van der Waals surface area contributed by atoms with E-state index in [1.807, 2.05) is 93.8 Å². The van der Waals surface area contributed by atoms with Crippen LogP contribution < -0.4 is 9.80 Å². The molecule has 3 aromatic rings. The van der Waals surface area contributed by atoms with Crippen LogP contribution >= 0.6 is 11.8 Å². The number of thioether (sulfide) groups is 1. The first-order valence-corrected chi connectivity index (χ1v) is 11.5. The summed E-state index contributed by atoms with van der Waals surface area (Å²) in [5.74, 6) is -0.186. The Morgan fingerprint density at radius 3 is 2.19 bits per heavy atom. The maximum absolute atomic E-state index is 13.8. The van der Waals surface area contributed by atoms with E-state index in [1.165, 1.54) is 0 Å². The highest BCUT2D eigenvalue weighted by molar-refractivity contribution is 7.98. The third-order valence-corrected chi connectivity index (χ3v) is 6.68. The fraction of sp³-hybridized carbons (Fsp3) is 0.231. The van der Waals surface area contributed by atoms with Crippen molar-refractivity contribution in [1.82, 2.24) is 0 Å². The van der Waals surface area contributed by atoms with Gasteiger partial charge in [-0.1, -0.05) is 42.0 Å². The van der Waals surface area contributed by atoms with Crippen molar-refractivity contribution < 1.29 is 9.59 Å². The standard InChI is InChI=1S/C26H26N2O2S/c1-17-8-12-21(13-9-17)27-16-24(29)28(23-7-5-6-18(2)19(23)3)25(26(27)30)20-10-14-22(31-4)15-11-20/h5-15,25H,16H2,1-4H3/t25-/m1/s1. The van der Waals surface area contributed by atoms with Crippen LogP contribution in [0.5, 0.6) is 0 Å². The largest absolute Gasteiger partial charge is 0.301 e. The Labute approximate surface area is 187 Å². The molecule has 0 aromatic heterocycles. The topological polar surface area (TPSA) is 40.6 Å². The summed E-state index contributed by atoms with van der Waals surface area (Å²) in [6, 6.07) is 20.8. The van der Waals surface area contributed by atoms with E-state index in [1.54, 1.807) is 21.6 Å². The van der Waals surface area contributed by atoms with Gasteiger partial charge in [-0.25, -0.2) is 0 Å². The highest BCUT2D eigenvalue weighted by Gasteiger charge is 2.42. The quantitative estimate of drug-likeness (QED) is 0.517.